The van der Waals surface area contributed by atoms with E-state index < -0.39 is 0 Å². The van der Waals surface area contributed by atoms with Crippen LogP contribution in [0, 0.1) is 11.3 Å². The molecule has 0 aliphatic carbocycles. The first-order valence-corrected chi connectivity index (χ1v) is 8.99. The van der Waals surface area contributed by atoms with E-state index >= 15 is 0 Å². The second kappa shape index (κ2) is 9.18. The maximum Gasteiger partial charge on any atom is 0.244 e. The Morgan fingerprint density at radius 3 is 2.88 bits per heavy atom. The second-order valence-corrected chi connectivity index (χ2v) is 6.28. The number of fused-ring (bicyclic) bond motifs is 1. The number of para-hydroxylation sites is 1. The van der Waals surface area contributed by atoms with Crippen LogP contribution in [0.1, 0.15) is 12.0 Å². The number of hydrogen-bond acceptors (Lipinski definition) is 4. The Morgan fingerprint density at radius 1 is 1.27 bits per heavy atom. The highest BCUT2D eigenvalue weighted by Gasteiger charge is 2.10. The van der Waals surface area contributed by atoms with Crippen LogP contribution in [0.3, 0.4) is 0 Å². The smallest absolute Gasteiger partial charge is 0.244 e. The lowest BCUT2D eigenvalue weighted by Gasteiger charge is -2.26. The molecule has 1 aromatic carbocycles. The molecule has 0 bridgehead atoms. The number of rotatable bonds is 7. The molecule has 0 spiro atoms. The van der Waals surface area contributed by atoms with Gasteiger partial charge in [0.2, 0.25) is 5.91 Å². The summed E-state index contributed by atoms with van der Waals surface area (Å²) in [6.07, 6.45) is 5.88. The maximum absolute atomic E-state index is 12.1. The van der Waals surface area contributed by atoms with Crippen molar-refractivity contribution in [2.24, 2.45) is 0 Å². The fourth-order valence-corrected chi connectivity index (χ4v) is 3.15. The van der Waals surface area contributed by atoms with Gasteiger partial charge in [0.25, 0.3) is 0 Å². The molecule has 2 aromatic rings. The highest BCUT2D eigenvalue weighted by molar-refractivity contribution is 5.96. The van der Waals surface area contributed by atoms with E-state index in [-0.39, 0.29) is 5.91 Å². The molecule has 1 saturated heterocycles. The number of nitriles is 1. The number of aromatic nitrogens is 1. The summed E-state index contributed by atoms with van der Waals surface area (Å²) in [5.74, 6) is -0.0906. The van der Waals surface area contributed by atoms with E-state index in [0.717, 1.165) is 49.3 Å². The van der Waals surface area contributed by atoms with Crippen molar-refractivity contribution in [1.29, 1.82) is 5.26 Å². The zero-order valence-electron chi connectivity index (χ0n) is 14.9. The first-order chi connectivity index (χ1) is 12.8. The Balaban J connectivity index is 1.58. The molecule has 3 rings (SSSR count). The molecule has 1 aromatic heterocycles. The summed E-state index contributed by atoms with van der Waals surface area (Å²) in [7, 11) is 0. The zero-order valence-corrected chi connectivity index (χ0v) is 14.9. The highest BCUT2D eigenvalue weighted by Crippen LogP contribution is 2.22. The zero-order chi connectivity index (χ0) is 18.2. The lowest BCUT2D eigenvalue weighted by Crippen LogP contribution is -2.41. The molecule has 6 heteroatoms. The lowest BCUT2D eigenvalue weighted by atomic mass is 10.1. The SMILES string of the molecule is N#CCCn1cc(/C=C/C(=O)NCCN2CCOCC2)c2ccccc21. The van der Waals surface area contributed by atoms with E-state index in [4.69, 9.17) is 10.00 Å². The third-order valence-corrected chi connectivity index (χ3v) is 4.53. The number of aryl methyl sites for hydroxylation is 1. The van der Waals surface area contributed by atoms with Crippen LogP contribution in [0.5, 0.6) is 0 Å². The molecular formula is C20H24N4O2. The summed E-state index contributed by atoms with van der Waals surface area (Å²) in [4.78, 5) is 14.4. The minimum atomic E-state index is -0.0906. The number of nitrogens with one attached hydrogen (secondary N) is 1. The van der Waals surface area contributed by atoms with Gasteiger partial charge in [-0.1, -0.05) is 18.2 Å². The summed E-state index contributed by atoms with van der Waals surface area (Å²) in [5, 5.41) is 12.8. The molecule has 136 valence electrons. The second-order valence-electron chi connectivity index (χ2n) is 6.28. The standard InChI is InChI=1S/C20H24N4O2/c21-8-3-10-24-16-17(18-4-1-2-5-19(18)24)6-7-20(25)22-9-11-23-12-14-26-15-13-23/h1-2,4-7,16H,3,9-15H2,(H,22,25)/b7-6+. The Hall–Kier alpha value is -2.62. The molecule has 1 fully saturated rings. The van der Waals surface area contributed by atoms with Crippen LogP contribution in [0.4, 0.5) is 0 Å². The molecule has 1 aliphatic heterocycles. The van der Waals surface area contributed by atoms with Gasteiger partial charge in [0.15, 0.2) is 0 Å². The summed E-state index contributed by atoms with van der Waals surface area (Å²) in [6.45, 7) is 5.51. The number of carbonyl (C=O) groups is 1. The summed E-state index contributed by atoms with van der Waals surface area (Å²) >= 11 is 0. The molecule has 0 unspecified atom stereocenters. The number of hydrogen-bond donors (Lipinski definition) is 1. The lowest BCUT2D eigenvalue weighted by molar-refractivity contribution is -0.116. The van der Waals surface area contributed by atoms with Gasteiger partial charge in [0.05, 0.1) is 25.7 Å². The van der Waals surface area contributed by atoms with Crippen molar-refractivity contribution < 1.29 is 9.53 Å². The molecule has 0 atom stereocenters. The molecule has 1 aliphatic rings. The number of morpholine rings is 1. The monoisotopic (exact) mass is 352 g/mol. The van der Waals surface area contributed by atoms with E-state index in [1.807, 2.05) is 36.5 Å². The molecule has 1 amide bonds. The molecule has 1 N–H and O–H groups in total. The summed E-state index contributed by atoms with van der Waals surface area (Å²) in [5.41, 5.74) is 2.07. The van der Waals surface area contributed by atoms with E-state index in [9.17, 15) is 4.79 Å². The molecule has 0 radical (unpaired) electrons. The minimum absolute atomic E-state index is 0.0906. The maximum atomic E-state index is 12.1. The van der Waals surface area contributed by atoms with Crippen LogP contribution in [-0.2, 0) is 16.1 Å². The number of benzene rings is 1. The van der Waals surface area contributed by atoms with Crippen LogP contribution >= 0.6 is 0 Å². The van der Waals surface area contributed by atoms with Gasteiger partial charge in [-0.3, -0.25) is 9.69 Å². The third-order valence-electron chi connectivity index (χ3n) is 4.53. The largest absolute Gasteiger partial charge is 0.379 e. The Kier molecular flexibility index (Phi) is 6.42. The van der Waals surface area contributed by atoms with Crippen molar-refractivity contribution in [1.82, 2.24) is 14.8 Å². The third kappa shape index (κ3) is 4.72. The predicted molar refractivity (Wildman–Crippen MR) is 101 cm³/mol. The number of nitrogens with zero attached hydrogens (tertiary/aromatic N) is 3. The predicted octanol–water partition coefficient (Wildman–Crippen LogP) is 2.02. The van der Waals surface area contributed by atoms with E-state index in [2.05, 4.69) is 20.9 Å². The Labute approximate surface area is 153 Å². The van der Waals surface area contributed by atoms with Gasteiger partial charge in [-0.15, -0.1) is 0 Å². The van der Waals surface area contributed by atoms with Crippen LogP contribution in [0.15, 0.2) is 36.5 Å². The number of ether oxygens (including phenoxy) is 1. The molecular weight excluding hydrogens is 328 g/mol. The van der Waals surface area contributed by atoms with Gasteiger partial charge in [-0.05, 0) is 12.1 Å². The quantitative estimate of drug-likeness (QED) is 0.774. The number of carbonyl (C=O) groups excluding carboxylic acids is 1. The number of amides is 1. The van der Waals surface area contributed by atoms with E-state index in [0.29, 0.717) is 19.5 Å². The average molecular weight is 352 g/mol. The van der Waals surface area contributed by atoms with Crippen LogP contribution in [0.25, 0.3) is 17.0 Å². The van der Waals surface area contributed by atoms with Gasteiger partial charge in [0.1, 0.15) is 0 Å². The van der Waals surface area contributed by atoms with Gasteiger partial charge in [-0.2, -0.15) is 5.26 Å². The summed E-state index contributed by atoms with van der Waals surface area (Å²) in [6, 6.07) is 10.2. The van der Waals surface area contributed by atoms with Gasteiger partial charge in [0, 0.05) is 61.5 Å². The van der Waals surface area contributed by atoms with Crippen molar-refractivity contribution in [3.8, 4) is 6.07 Å². The Bertz CT molecular complexity index is 813. The van der Waals surface area contributed by atoms with E-state index in [1.54, 1.807) is 6.08 Å². The molecule has 2 heterocycles. The van der Waals surface area contributed by atoms with Crippen molar-refractivity contribution in [2.45, 2.75) is 13.0 Å². The van der Waals surface area contributed by atoms with Crippen LogP contribution < -0.4 is 5.32 Å². The van der Waals surface area contributed by atoms with E-state index in [1.165, 1.54) is 0 Å². The fraction of sp³-hybridized carbons (Fsp3) is 0.400. The average Bonchev–Trinajstić information content (AvgIpc) is 3.03. The van der Waals surface area contributed by atoms with Gasteiger partial charge >= 0.3 is 0 Å². The first-order valence-electron chi connectivity index (χ1n) is 8.99. The van der Waals surface area contributed by atoms with Gasteiger partial charge < -0.3 is 14.6 Å². The molecule has 26 heavy (non-hydrogen) atoms. The van der Waals surface area contributed by atoms with Crippen molar-refractivity contribution >= 4 is 22.9 Å². The van der Waals surface area contributed by atoms with Crippen molar-refractivity contribution in [3.63, 3.8) is 0 Å². The van der Waals surface area contributed by atoms with Crippen molar-refractivity contribution in [2.75, 3.05) is 39.4 Å². The van der Waals surface area contributed by atoms with Crippen LogP contribution in [0.2, 0.25) is 0 Å². The van der Waals surface area contributed by atoms with Gasteiger partial charge in [-0.25, -0.2) is 0 Å². The summed E-state index contributed by atoms with van der Waals surface area (Å²) < 4.78 is 7.38. The molecule has 6 nitrogen and oxygen atoms in total. The Morgan fingerprint density at radius 2 is 2.08 bits per heavy atom. The molecule has 0 saturated carbocycles. The normalized spacial score (nSPS) is 15.3. The first kappa shape index (κ1) is 18.2. The van der Waals surface area contributed by atoms with Crippen molar-refractivity contribution in [3.05, 3.63) is 42.1 Å². The minimum Gasteiger partial charge on any atom is -0.379 e. The van der Waals surface area contributed by atoms with Crippen LogP contribution in [-0.4, -0.2) is 54.8 Å². The topological polar surface area (TPSA) is 70.3 Å². The fourth-order valence-electron chi connectivity index (χ4n) is 3.15. The highest BCUT2D eigenvalue weighted by atomic mass is 16.5.